The standard InChI is InChI=1S/C37H38ClNO5/c1-37(2,3)44-36(41)39-29-18-19-33(39)34(42-23-25-14-15-26-8-4-5-9-28(26)20-25)31(21-29)27-16-12-24(13-17-27)22-43-35(40)30-10-6-7-11-32(30)38/h4-17,20,29,31,33-34H,18-19,21-23H2,1-3H3. The van der Waals surface area contributed by atoms with Gasteiger partial charge < -0.3 is 14.2 Å². The fourth-order valence-corrected chi connectivity index (χ4v) is 6.76. The highest BCUT2D eigenvalue weighted by Crippen LogP contribution is 2.45. The zero-order valence-corrected chi connectivity index (χ0v) is 26.1. The molecule has 0 N–H and O–H groups in total. The number of carbonyl (C=O) groups excluding carboxylic acids is 2. The molecule has 4 atom stereocenters. The smallest absolute Gasteiger partial charge is 0.410 e. The molecule has 2 aliphatic heterocycles. The van der Waals surface area contributed by atoms with Gasteiger partial charge in [-0.2, -0.15) is 0 Å². The number of carbonyl (C=O) groups is 2. The van der Waals surface area contributed by atoms with Crippen molar-refractivity contribution in [2.24, 2.45) is 0 Å². The number of rotatable bonds is 7. The quantitative estimate of drug-likeness (QED) is 0.196. The van der Waals surface area contributed by atoms with Gasteiger partial charge in [-0.1, -0.05) is 84.4 Å². The van der Waals surface area contributed by atoms with Gasteiger partial charge in [0.2, 0.25) is 0 Å². The maximum atomic E-state index is 13.4. The average Bonchev–Trinajstić information content (AvgIpc) is 3.33. The van der Waals surface area contributed by atoms with Gasteiger partial charge in [0, 0.05) is 12.0 Å². The summed E-state index contributed by atoms with van der Waals surface area (Å²) in [6.07, 6.45) is 2.12. The summed E-state index contributed by atoms with van der Waals surface area (Å²) in [5, 5.41) is 2.74. The van der Waals surface area contributed by atoms with Crippen molar-refractivity contribution in [2.75, 3.05) is 0 Å². The van der Waals surface area contributed by atoms with Gasteiger partial charge in [0.25, 0.3) is 0 Å². The number of esters is 1. The third-order valence-electron chi connectivity index (χ3n) is 8.58. The Hall–Kier alpha value is -3.87. The van der Waals surface area contributed by atoms with E-state index in [0.717, 1.165) is 36.0 Å². The number of amides is 1. The molecule has 6 nitrogen and oxygen atoms in total. The molecule has 2 saturated heterocycles. The number of ether oxygens (including phenoxy) is 3. The molecule has 2 fully saturated rings. The molecule has 0 spiro atoms. The second-order valence-electron chi connectivity index (χ2n) is 12.8. The number of hydrogen-bond donors (Lipinski definition) is 0. The van der Waals surface area contributed by atoms with Crippen LogP contribution in [0, 0.1) is 0 Å². The van der Waals surface area contributed by atoms with E-state index >= 15 is 0 Å². The second kappa shape index (κ2) is 12.6. The Morgan fingerprint density at radius 1 is 0.841 bits per heavy atom. The lowest BCUT2D eigenvalue weighted by molar-refractivity contribution is -0.0667. The summed E-state index contributed by atoms with van der Waals surface area (Å²) < 4.78 is 18.1. The van der Waals surface area contributed by atoms with Crippen LogP contribution in [0.5, 0.6) is 0 Å². The lowest BCUT2D eigenvalue weighted by Crippen LogP contribution is -2.55. The topological polar surface area (TPSA) is 65.1 Å². The van der Waals surface area contributed by atoms with E-state index in [1.54, 1.807) is 24.3 Å². The normalized spacial score (nSPS) is 21.3. The predicted molar refractivity (Wildman–Crippen MR) is 172 cm³/mol. The third-order valence-corrected chi connectivity index (χ3v) is 8.91. The summed E-state index contributed by atoms with van der Waals surface area (Å²) in [4.78, 5) is 27.9. The monoisotopic (exact) mass is 611 g/mol. The van der Waals surface area contributed by atoms with Crippen molar-refractivity contribution < 1.29 is 23.8 Å². The van der Waals surface area contributed by atoms with Crippen LogP contribution in [0.4, 0.5) is 4.79 Å². The first-order valence-corrected chi connectivity index (χ1v) is 15.7. The van der Waals surface area contributed by atoms with E-state index in [-0.39, 0.29) is 36.8 Å². The van der Waals surface area contributed by atoms with Gasteiger partial charge in [0.05, 0.1) is 29.3 Å². The van der Waals surface area contributed by atoms with E-state index in [1.807, 2.05) is 49.9 Å². The van der Waals surface area contributed by atoms with Crippen LogP contribution >= 0.6 is 11.6 Å². The van der Waals surface area contributed by atoms with Gasteiger partial charge >= 0.3 is 12.1 Å². The molecule has 4 unspecified atom stereocenters. The minimum Gasteiger partial charge on any atom is -0.457 e. The summed E-state index contributed by atoms with van der Waals surface area (Å²) in [7, 11) is 0. The van der Waals surface area contributed by atoms with Crippen LogP contribution in [0.3, 0.4) is 0 Å². The zero-order valence-electron chi connectivity index (χ0n) is 25.4. The molecule has 4 aromatic carbocycles. The fourth-order valence-electron chi connectivity index (χ4n) is 6.55. The molecule has 2 aliphatic rings. The first-order chi connectivity index (χ1) is 21.2. The zero-order chi connectivity index (χ0) is 30.8. The van der Waals surface area contributed by atoms with Crippen LogP contribution in [0.15, 0.2) is 91.0 Å². The van der Waals surface area contributed by atoms with Gasteiger partial charge in [-0.05, 0) is 85.7 Å². The third kappa shape index (κ3) is 6.62. The molecular formula is C37H38ClNO5. The van der Waals surface area contributed by atoms with Crippen molar-refractivity contribution in [2.45, 2.75) is 83.0 Å². The van der Waals surface area contributed by atoms with E-state index in [4.69, 9.17) is 25.8 Å². The van der Waals surface area contributed by atoms with E-state index < -0.39 is 11.6 Å². The highest BCUT2D eigenvalue weighted by Gasteiger charge is 2.51. The Morgan fingerprint density at radius 3 is 2.30 bits per heavy atom. The Morgan fingerprint density at radius 2 is 1.55 bits per heavy atom. The minimum absolute atomic E-state index is 0.0784. The summed E-state index contributed by atoms with van der Waals surface area (Å²) in [5.74, 6) is -0.348. The lowest BCUT2D eigenvalue weighted by Gasteiger charge is -2.44. The number of halogens is 1. The first-order valence-electron chi connectivity index (χ1n) is 15.3. The van der Waals surface area contributed by atoms with Crippen LogP contribution in [0.1, 0.15) is 73.0 Å². The number of piperidine rings is 1. The molecule has 0 radical (unpaired) electrons. The maximum absolute atomic E-state index is 13.4. The lowest BCUT2D eigenvalue weighted by atomic mass is 9.82. The van der Waals surface area contributed by atoms with Crippen LogP contribution in [-0.2, 0) is 27.4 Å². The first kappa shape index (κ1) is 30.2. The molecule has 228 valence electrons. The van der Waals surface area contributed by atoms with Crippen molar-refractivity contribution in [1.82, 2.24) is 4.90 Å². The van der Waals surface area contributed by atoms with Gasteiger partial charge in [-0.15, -0.1) is 0 Å². The van der Waals surface area contributed by atoms with Crippen LogP contribution in [-0.4, -0.2) is 40.8 Å². The molecule has 2 bridgehead atoms. The van der Waals surface area contributed by atoms with Crippen molar-refractivity contribution in [1.29, 1.82) is 0 Å². The molecule has 1 amide bonds. The molecule has 0 saturated carbocycles. The van der Waals surface area contributed by atoms with Crippen molar-refractivity contribution in [3.63, 3.8) is 0 Å². The Balaban J connectivity index is 1.21. The van der Waals surface area contributed by atoms with Crippen molar-refractivity contribution in [3.8, 4) is 0 Å². The van der Waals surface area contributed by atoms with Gasteiger partial charge in [-0.25, -0.2) is 9.59 Å². The molecule has 0 aliphatic carbocycles. The number of hydrogen-bond acceptors (Lipinski definition) is 5. The highest BCUT2D eigenvalue weighted by atomic mass is 35.5. The van der Waals surface area contributed by atoms with Gasteiger partial charge in [0.15, 0.2) is 0 Å². The van der Waals surface area contributed by atoms with Crippen molar-refractivity contribution >= 4 is 34.4 Å². The molecule has 7 heteroatoms. The van der Waals surface area contributed by atoms with E-state index in [2.05, 4.69) is 42.5 Å². The van der Waals surface area contributed by atoms with E-state index in [1.165, 1.54) is 10.8 Å². The fraction of sp³-hybridized carbons (Fsp3) is 0.351. The van der Waals surface area contributed by atoms with Crippen LogP contribution in [0.25, 0.3) is 10.8 Å². The Labute approximate surface area is 263 Å². The summed E-state index contributed by atoms with van der Waals surface area (Å²) in [6.45, 7) is 6.31. The summed E-state index contributed by atoms with van der Waals surface area (Å²) >= 11 is 6.16. The molecule has 6 rings (SSSR count). The summed E-state index contributed by atoms with van der Waals surface area (Å²) in [5.41, 5.74) is 2.92. The number of benzene rings is 4. The van der Waals surface area contributed by atoms with Crippen LogP contribution < -0.4 is 0 Å². The molecule has 0 aromatic heterocycles. The highest BCUT2D eigenvalue weighted by molar-refractivity contribution is 6.33. The molecule has 4 aromatic rings. The Bertz CT molecular complexity index is 1650. The van der Waals surface area contributed by atoms with Crippen molar-refractivity contribution in [3.05, 3.63) is 118 Å². The largest absolute Gasteiger partial charge is 0.457 e. The number of fused-ring (bicyclic) bond motifs is 3. The Kier molecular flexibility index (Phi) is 8.66. The number of nitrogens with zero attached hydrogens (tertiary/aromatic N) is 1. The van der Waals surface area contributed by atoms with Gasteiger partial charge in [-0.3, -0.25) is 4.90 Å². The summed E-state index contributed by atoms with van der Waals surface area (Å²) in [6, 6.07) is 29.8. The minimum atomic E-state index is -0.569. The SMILES string of the molecule is CC(C)(C)OC(=O)N1C2CCC1C(OCc1ccc3ccccc3c1)C(c1ccc(COC(=O)c3ccccc3Cl)cc1)C2. The second-order valence-corrected chi connectivity index (χ2v) is 13.2. The molecule has 44 heavy (non-hydrogen) atoms. The predicted octanol–water partition coefficient (Wildman–Crippen LogP) is 8.69. The average molecular weight is 612 g/mol. The van der Waals surface area contributed by atoms with E-state index in [0.29, 0.717) is 17.2 Å². The molecular weight excluding hydrogens is 574 g/mol. The van der Waals surface area contributed by atoms with Crippen LogP contribution in [0.2, 0.25) is 5.02 Å². The molecule has 2 heterocycles. The van der Waals surface area contributed by atoms with E-state index in [9.17, 15) is 9.59 Å². The maximum Gasteiger partial charge on any atom is 0.410 e. The van der Waals surface area contributed by atoms with Gasteiger partial charge in [0.1, 0.15) is 12.2 Å².